The van der Waals surface area contributed by atoms with Crippen LogP contribution in [-0.2, 0) is 19.1 Å². The number of carbonyl (C=O) groups is 3. The van der Waals surface area contributed by atoms with Gasteiger partial charge in [0, 0.05) is 27.1 Å². The average Bonchev–Trinajstić information content (AvgIpc) is 2.32. The minimum atomic E-state index is -0.542. The van der Waals surface area contributed by atoms with Crippen molar-refractivity contribution >= 4 is 17.8 Å². The molecule has 116 valence electrons. The van der Waals surface area contributed by atoms with Gasteiger partial charge in [0.25, 0.3) is 0 Å². The molecule has 0 saturated carbocycles. The van der Waals surface area contributed by atoms with E-state index in [-0.39, 0.29) is 30.6 Å². The Balaban J connectivity index is 4.15. The molecule has 0 radical (unpaired) electrons. The predicted octanol–water partition coefficient (Wildman–Crippen LogP) is 0.949. The quantitative estimate of drug-likeness (QED) is 0.738. The molecule has 0 aliphatic rings. The summed E-state index contributed by atoms with van der Waals surface area (Å²) in [6, 6.07) is 0. The van der Waals surface area contributed by atoms with Crippen molar-refractivity contribution in [2.24, 2.45) is 5.92 Å². The smallest absolute Gasteiger partial charge is 0.306 e. The number of hydrogen-bond acceptors (Lipinski definition) is 4. The van der Waals surface area contributed by atoms with Crippen molar-refractivity contribution in [2.75, 3.05) is 20.6 Å². The number of amides is 2. The van der Waals surface area contributed by atoms with Crippen molar-refractivity contribution in [3.8, 4) is 0 Å². The normalized spacial score (nSPS) is 12.5. The summed E-state index contributed by atoms with van der Waals surface area (Å²) in [6.07, 6.45) is 0.140. The Morgan fingerprint density at radius 1 is 1.20 bits per heavy atom. The number of nitrogens with zero attached hydrogens (tertiary/aromatic N) is 1. The van der Waals surface area contributed by atoms with E-state index in [1.54, 1.807) is 41.8 Å². The van der Waals surface area contributed by atoms with E-state index in [1.807, 2.05) is 0 Å². The minimum Gasteiger partial charge on any atom is -0.460 e. The molecule has 1 atom stereocenters. The van der Waals surface area contributed by atoms with Gasteiger partial charge in [-0.25, -0.2) is 0 Å². The molecule has 1 N–H and O–H groups in total. The van der Waals surface area contributed by atoms with E-state index in [0.29, 0.717) is 6.54 Å². The molecule has 20 heavy (non-hydrogen) atoms. The fourth-order valence-corrected chi connectivity index (χ4v) is 1.63. The summed E-state index contributed by atoms with van der Waals surface area (Å²) < 4.78 is 5.13. The maximum absolute atomic E-state index is 11.8. The minimum absolute atomic E-state index is 0.0504. The standard InChI is InChI=1S/C14H26N2O4/c1-10(13(19)15-5)9-16(6)11(17)7-8-12(18)20-14(2,3)4/h10H,7-9H2,1-6H3,(H,15,19). The van der Waals surface area contributed by atoms with Crippen molar-refractivity contribution in [3.63, 3.8) is 0 Å². The Morgan fingerprint density at radius 2 is 1.75 bits per heavy atom. The Labute approximate surface area is 120 Å². The van der Waals surface area contributed by atoms with Crippen LogP contribution in [0.5, 0.6) is 0 Å². The first-order valence-electron chi connectivity index (χ1n) is 6.74. The summed E-state index contributed by atoms with van der Waals surface area (Å²) in [4.78, 5) is 36.2. The maximum atomic E-state index is 11.8. The van der Waals surface area contributed by atoms with E-state index in [4.69, 9.17) is 4.74 Å². The van der Waals surface area contributed by atoms with Crippen molar-refractivity contribution in [2.45, 2.75) is 46.1 Å². The average molecular weight is 286 g/mol. The zero-order valence-corrected chi connectivity index (χ0v) is 13.3. The van der Waals surface area contributed by atoms with Crippen molar-refractivity contribution in [1.29, 1.82) is 0 Å². The second-order valence-corrected chi connectivity index (χ2v) is 5.88. The SMILES string of the molecule is CNC(=O)C(C)CN(C)C(=O)CCC(=O)OC(C)(C)C. The van der Waals surface area contributed by atoms with Crippen molar-refractivity contribution < 1.29 is 19.1 Å². The van der Waals surface area contributed by atoms with Gasteiger partial charge in [0.05, 0.1) is 12.3 Å². The molecular formula is C14H26N2O4. The number of rotatable bonds is 6. The highest BCUT2D eigenvalue weighted by Crippen LogP contribution is 2.10. The highest BCUT2D eigenvalue weighted by Gasteiger charge is 2.20. The van der Waals surface area contributed by atoms with Crippen LogP contribution in [0.25, 0.3) is 0 Å². The topological polar surface area (TPSA) is 75.7 Å². The Bertz CT molecular complexity index is 361. The highest BCUT2D eigenvalue weighted by atomic mass is 16.6. The van der Waals surface area contributed by atoms with Gasteiger partial charge >= 0.3 is 5.97 Å². The predicted molar refractivity (Wildman–Crippen MR) is 75.9 cm³/mol. The zero-order valence-electron chi connectivity index (χ0n) is 13.3. The summed E-state index contributed by atoms with van der Waals surface area (Å²) in [5.41, 5.74) is -0.542. The van der Waals surface area contributed by atoms with Gasteiger partial charge in [-0.15, -0.1) is 0 Å². The molecule has 0 fully saturated rings. The molecule has 0 aromatic rings. The second-order valence-electron chi connectivity index (χ2n) is 5.88. The number of carbonyl (C=O) groups excluding carboxylic acids is 3. The molecule has 2 amide bonds. The summed E-state index contributed by atoms with van der Waals surface area (Å²) in [5.74, 6) is -0.961. The molecular weight excluding hydrogens is 260 g/mol. The lowest BCUT2D eigenvalue weighted by atomic mass is 10.1. The third-order valence-electron chi connectivity index (χ3n) is 2.63. The molecule has 0 spiro atoms. The van der Waals surface area contributed by atoms with E-state index in [9.17, 15) is 14.4 Å². The second kappa shape index (κ2) is 7.87. The molecule has 0 bridgehead atoms. The summed E-state index contributed by atoms with van der Waals surface area (Å²) in [5, 5.41) is 2.53. The lowest BCUT2D eigenvalue weighted by molar-refractivity contribution is -0.156. The van der Waals surface area contributed by atoms with E-state index >= 15 is 0 Å². The molecule has 6 heteroatoms. The van der Waals surface area contributed by atoms with E-state index in [0.717, 1.165) is 0 Å². The lowest BCUT2D eigenvalue weighted by Gasteiger charge is -2.22. The molecule has 1 unspecified atom stereocenters. The maximum Gasteiger partial charge on any atom is 0.306 e. The molecule has 0 heterocycles. The molecule has 0 aromatic carbocycles. The zero-order chi connectivity index (χ0) is 15.9. The molecule has 0 rings (SSSR count). The van der Waals surface area contributed by atoms with E-state index in [1.165, 1.54) is 4.90 Å². The van der Waals surface area contributed by atoms with Crippen LogP contribution in [0.3, 0.4) is 0 Å². The first-order valence-corrected chi connectivity index (χ1v) is 6.74. The first-order chi connectivity index (χ1) is 9.06. The van der Waals surface area contributed by atoms with Crippen LogP contribution in [0.4, 0.5) is 0 Å². The van der Waals surface area contributed by atoms with Crippen LogP contribution in [0, 0.1) is 5.92 Å². The fraction of sp³-hybridized carbons (Fsp3) is 0.786. The van der Waals surface area contributed by atoms with Gasteiger partial charge in [0.2, 0.25) is 11.8 Å². The molecule has 0 aliphatic heterocycles. The van der Waals surface area contributed by atoms with Crippen LogP contribution in [-0.4, -0.2) is 48.9 Å². The van der Waals surface area contributed by atoms with Crippen LogP contribution in [0.15, 0.2) is 0 Å². The number of hydrogen-bond donors (Lipinski definition) is 1. The van der Waals surface area contributed by atoms with Crippen LogP contribution in [0.2, 0.25) is 0 Å². The fourth-order valence-electron chi connectivity index (χ4n) is 1.63. The Hall–Kier alpha value is -1.59. The Kier molecular flexibility index (Phi) is 7.24. The third kappa shape index (κ3) is 7.76. The van der Waals surface area contributed by atoms with Gasteiger partial charge in [-0.3, -0.25) is 14.4 Å². The number of ether oxygens (including phenoxy) is 1. The van der Waals surface area contributed by atoms with Gasteiger partial charge in [-0.1, -0.05) is 6.92 Å². The lowest BCUT2D eigenvalue weighted by Crippen LogP contribution is -2.37. The van der Waals surface area contributed by atoms with E-state index in [2.05, 4.69) is 5.32 Å². The monoisotopic (exact) mass is 286 g/mol. The first kappa shape index (κ1) is 18.4. The van der Waals surface area contributed by atoms with Gasteiger partial charge in [0.1, 0.15) is 5.60 Å². The van der Waals surface area contributed by atoms with Gasteiger partial charge in [-0.2, -0.15) is 0 Å². The molecule has 0 aliphatic carbocycles. The van der Waals surface area contributed by atoms with Crippen molar-refractivity contribution in [1.82, 2.24) is 10.2 Å². The van der Waals surface area contributed by atoms with Crippen LogP contribution < -0.4 is 5.32 Å². The van der Waals surface area contributed by atoms with Crippen LogP contribution >= 0.6 is 0 Å². The van der Waals surface area contributed by atoms with Gasteiger partial charge < -0.3 is 15.0 Å². The van der Waals surface area contributed by atoms with Gasteiger partial charge in [-0.05, 0) is 20.8 Å². The molecule has 6 nitrogen and oxygen atoms in total. The number of esters is 1. The molecule has 0 saturated heterocycles. The summed E-state index contributed by atoms with van der Waals surface area (Å²) >= 11 is 0. The Morgan fingerprint density at radius 3 is 2.20 bits per heavy atom. The van der Waals surface area contributed by atoms with Crippen molar-refractivity contribution in [3.05, 3.63) is 0 Å². The summed E-state index contributed by atoms with van der Waals surface area (Å²) in [7, 11) is 3.18. The molecule has 0 aromatic heterocycles. The summed E-state index contributed by atoms with van der Waals surface area (Å²) in [6.45, 7) is 7.42. The van der Waals surface area contributed by atoms with Crippen LogP contribution in [0.1, 0.15) is 40.5 Å². The third-order valence-corrected chi connectivity index (χ3v) is 2.63. The van der Waals surface area contributed by atoms with Gasteiger partial charge in [0.15, 0.2) is 0 Å². The number of nitrogens with one attached hydrogen (secondary N) is 1. The van der Waals surface area contributed by atoms with E-state index < -0.39 is 11.6 Å². The largest absolute Gasteiger partial charge is 0.460 e. The highest BCUT2D eigenvalue weighted by molar-refractivity contribution is 5.82.